The van der Waals surface area contributed by atoms with Gasteiger partial charge in [0.25, 0.3) is 5.91 Å². The third kappa shape index (κ3) is 3.14. The Hall–Kier alpha value is -2.97. The number of nitro groups is 1. The highest BCUT2D eigenvalue weighted by Crippen LogP contribution is 2.29. The number of anilines is 1. The number of methoxy groups -OCH3 is 1. The van der Waals surface area contributed by atoms with Crippen molar-refractivity contribution >= 4 is 17.3 Å². The number of amides is 1. The SMILES string of the molecule is CCc1nc(C(=O)Nc2ccc(OC)c([N+](=O)[O-])c2)n[nH]1. The van der Waals surface area contributed by atoms with E-state index in [0.29, 0.717) is 12.2 Å². The van der Waals surface area contributed by atoms with Crippen molar-refractivity contribution in [2.24, 2.45) is 0 Å². The van der Waals surface area contributed by atoms with Gasteiger partial charge in [0, 0.05) is 18.2 Å². The van der Waals surface area contributed by atoms with Gasteiger partial charge in [-0.1, -0.05) is 6.92 Å². The van der Waals surface area contributed by atoms with Crippen molar-refractivity contribution < 1.29 is 14.5 Å². The number of nitro benzene ring substituents is 1. The Morgan fingerprint density at radius 2 is 2.29 bits per heavy atom. The minimum Gasteiger partial charge on any atom is -0.490 e. The van der Waals surface area contributed by atoms with Gasteiger partial charge in [0.15, 0.2) is 5.75 Å². The predicted molar refractivity (Wildman–Crippen MR) is 73.4 cm³/mol. The van der Waals surface area contributed by atoms with Crippen molar-refractivity contribution in [3.8, 4) is 5.75 Å². The van der Waals surface area contributed by atoms with Crippen LogP contribution in [0.15, 0.2) is 18.2 Å². The first kappa shape index (κ1) is 14.4. The number of carbonyl (C=O) groups excluding carboxylic acids is 1. The topological polar surface area (TPSA) is 123 Å². The number of benzene rings is 1. The first-order valence-corrected chi connectivity index (χ1v) is 6.10. The van der Waals surface area contributed by atoms with Gasteiger partial charge in [-0.15, -0.1) is 5.10 Å². The summed E-state index contributed by atoms with van der Waals surface area (Å²) in [6, 6.07) is 4.12. The van der Waals surface area contributed by atoms with Crippen LogP contribution >= 0.6 is 0 Å². The van der Waals surface area contributed by atoms with Crippen molar-refractivity contribution in [2.75, 3.05) is 12.4 Å². The molecule has 0 saturated carbocycles. The van der Waals surface area contributed by atoms with Crippen LogP contribution in [0.1, 0.15) is 23.4 Å². The van der Waals surface area contributed by atoms with E-state index in [2.05, 4.69) is 20.5 Å². The maximum atomic E-state index is 11.9. The molecular formula is C12H13N5O4. The number of ether oxygens (including phenoxy) is 1. The van der Waals surface area contributed by atoms with E-state index < -0.39 is 10.8 Å². The molecule has 110 valence electrons. The molecule has 1 aromatic carbocycles. The van der Waals surface area contributed by atoms with Crippen LogP contribution in [-0.4, -0.2) is 33.1 Å². The van der Waals surface area contributed by atoms with Gasteiger partial charge < -0.3 is 10.1 Å². The summed E-state index contributed by atoms with van der Waals surface area (Å²) < 4.78 is 4.89. The molecule has 9 heteroatoms. The predicted octanol–water partition coefficient (Wildman–Crippen LogP) is 1.54. The second kappa shape index (κ2) is 5.99. The standard InChI is InChI=1S/C12H13N5O4/c1-3-10-14-11(16-15-10)12(18)13-7-4-5-9(21-2)8(6-7)17(19)20/h4-6H,3H2,1-2H3,(H,13,18)(H,14,15,16). The van der Waals surface area contributed by atoms with E-state index in [1.54, 1.807) is 0 Å². The normalized spacial score (nSPS) is 10.2. The third-order valence-corrected chi connectivity index (χ3v) is 2.70. The molecule has 0 atom stereocenters. The fourth-order valence-corrected chi connectivity index (χ4v) is 1.65. The number of hydrogen-bond acceptors (Lipinski definition) is 6. The second-order valence-electron chi connectivity index (χ2n) is 4.06. The Morgan fingerprint density at radius 1 is 1.52 bits per heavy atom. The van der Waals surface area contributed by atoms with Crippen LogP contribution in [0.3, 0.4) is 0 Å². The number of aromatic nitrogens is 3. The van der Waals surface area contributed by atoms with E-state index in [1.807, 2.05) is 6.92 Å². The molecule has 1 heterocycles. The maximum Gasteiger partial charge on any atom is 0.312 e. The van der Waals surface area contributed by atoms with Crippen LogP contribution in [0.25, 0.3) is 0 Å². The molecule has 1 amide bonds. The average molecular weight is 291 g/mol. The molecule has 9 nitrogen and oxygen atoms in total. The van der Waals surface area contributed by atoms with Gasteiger partial charge in [-0.2, -0.15) is 0 Å². The fraction of sp³-hybridized carbons (Fsp3) is 0.250. The van der Waals surface area contributed by atoms with Crippen LogP contribution in [-0.2, 0) is 6.42 Å². The summed E-state index contributed by atoms with van der Waals surface area (Å²) in [4.78, 5) is 26.2. The average Bonchev–Trinajstić information content (AvgIpc) is 2.96. The Morgan fingerprint density at radius 3 is 2.86 bits per heavy atom. The number of aryl methyl sites for hydroxylation is 1. The van der Waals surface area contributed by atoms with Gasteiger partial charge in [-0.3, -0.25) is 20.0 Å². The largest absolute Gasteiger partial charge is 0.490 e. The molecule has 2 rings (SSSR count). The zero-order valence-corrected chi connectivity index (χ0v) is 11.4. The number of nitrogens with zero attached hydrogens (tertiary/aromatic N) is 3. The summed E-state index contributed by atoms with van der Waals surface area (Å²) >= 11 is 0. The number of hydrogen-bond donors (Lipinski definition) is 2. The van der Waals surface area contributed by atoms with Crippen molar-refractivity contribution in [3.05, 3.63) is 40.0 Å². The molecule has 0 spiro atoms. The molecule has 2 N–H and O–H groups in total. The Labute approximate surface area is 119 Å². The van der Waals surface area contributed by atoms with Crippen molar-refractivity contribution in [2.45, 2.75) is 13.3 Å². The highest BCUT2D eigenvalue weighted by molar-refractivity contribution is 6.01. The fourth-order valence-electron chi connectivity index (χ4n) is 1.65. The van der Waals surface area contributed by atoms with Gasteiger partial charge in [0.2, 0.25) is 5.82 Å². The maximum absolute atomic E-state index is 11.9. The monoisotopic (exact) mass is 291 g/mol. The minimum absolute atomic E-state index is 0.0229. The van der Waals surface area contributed by atoms with Gasteiger partial charge in [0.05, 0.1) is 12.0 Å². The Kier molecular flexibility index (Phi) is 4.12. The molecule has 0 radical (unpaired) electrons. The Balaban J connectivity index is 2.21. The van der Waals surface area contributed by atoms with E-state index >= 15 is 0 Å². The summed E-state index contributed by atoms with van der Waals surface area (Å²) in [7, 11) is 1.33. The second-order valence-corrected chi connectivity index (χ2v) is 4.06. The minimum atomic E-state index is -0.587. The highest BCUT2D eigenvalue weighted by atomic mass is 16.6. The molecule has 0 aliphatic rings. The van der Waals surface area contributed by atoms with Crippen LogP contribution in [0, 0.1) is 10.1 Å². The molecule has 1 aromatic heterocycles. The summed E-state index contributed by atoms with van der Waals surface area (Å²) in [5.74, 6) is 0.126. The number of nitrogens with one attached hydrogen (secondary N) is 2. The highest BCUT2D eigenvalue weighted by Gasteiger charge is 2.18. The first-order chi connectivity index (χ1) is 10.0. The first-order valence-electron chi connectivity index (χ1n) is 6.10. The lowest BCUT2D eigenvalue weighted by atomic mass is 10.2. The van der Waals surface area contributed by atoms with Gasteiger partial charge >= 0.3 is 5.69 Å². The number of rotatable bonds is 5. The van der Waals surface area contributed by atoms with Crippen LogP contribution in [0.5, 0.6) is 5.75 Å². The van der Waals surface area contributed by atoms with E-state index in [0.717, 1.165) is 0 Å². The molecule has 0 aliphatic heterocycles. The third-order valence-electron chi connectivity index (χ3n) is 2.70. The number of H-pyrrole nitrogens is 1. The summed E-state index contributed by atoms with van der Waals surface area (Å²) in [5.41, 5.74) is 0.0230. The van der Waals surface area contributed by atoms with E-state index in [-0.39, 0.29) is 22.9 Å². The molecule has 21 heavy (non-hydrogen) atoms. The summed E-state index contributed by atoms with van der Waals surface area (Å²) in [6.45, 7) is 1.87. The van der Waals surface area contributed by atoms with Crippen LogP contribution in [0.4, 0.5) is 11.4 Å². The quantitative estimate of drug-likeness (QED) is 0.636. The van der Waals surface area contributed by atoms with Crippen LogP contribution in [0.2, 0.25) is 0 Å². The lowest BCUT2D eigenvalue weighted by molar-refractivity contribution is -0.385. The van der Waals surface area contributed by atoms with E-state index in [9.17, 15) is 14.9 Å². The Bertz CT molecular complexity index is 682. The zero-order valence-electron chi connectivity index (χ0n) is 11.4. The zero-order chi connectivity index (χ0) is 15.4. The van der Waals surface area contributed by atoms with E-state index in [4.69, 9.17) is 4.74 Å². The van der Waals surface area contributed by atoms with Gasteiger partial charge in [-0.25, -0.2) is 4.98 Å². The molecule has 0 aliphatic carbocycles. The number of carbonyl (C=O) groups is 1. The van der Waals surface area contributed by atoms with Crippen molar-refractivity contribution in [1.29, 1.82) is 0 Å². The van der Waals surface area contributed by atoms with Gasteiger partial charge in [0.1, 0.15) is 5.82 Å². The summed E-state index contributed by atoms with van der Waals surface area (Å²) in [6.07, 6.45) is 0.619. The van der Waals surface area contributed by atoms with E-state index in [1.165, 1.54) is 25.3 Å². The molecule has 0 saturated heterocycles. The molecule has 2 aromatic rings. The van der Waals surface area contributed by atoms with Crippen molar-refractivity contribution in [3.63, 3.8) is 0 Å². The lowest BCUT2D eigenvalue weighted by Gasteiger charge is -2.05. The lowest BCUT2D eigenvalue weighted by Crippen LogP contribution is -2.14. The van der Waals surface area contributed by atoms with Crippen molar-refractivity contribution in [1.82, 2.24) is 15.2 Å². The van der Waals surface area contributed by atoms with Crippen LogP contribution < -0.4 is 10.1 Å². The smallest absolute Gasteiger partial charge is 0.312 e. The molecular weight excluding hydrogens is 278 g/mol. The molecule has 0 fully saturated rings. The molecule has 0 unspecified atom stereocenters. The number of aromatic amines is 1. The van der Waals surface area contributed by atoms with Gasteiger partial charge in [-0.05, 0) is 12.1 Å². The summed E-state index contributed by atoms with van der Waals surface area (Å²) in [5, 5.41) is 19.8. The molecule has 0 bridgehead atoms.